The van der Waals surface area contributed by atoms with Gasteiger partial charge in [-0.1, -0.05) is 11.6 Å². The number of hydrogen-bond acceptors (Lipinski definition) is 3. The fraction of sp³-hybridized carbons (Fsp3) is 0.556. The first-order chi connectivity index (χ1) is 6.22. The molecular weight excluding hydrogens is 222 g/mol. The summed E-state index contributed by atoms with van der Waals surface area (Å²) in [5.74, 6) is 1.15. The average Bonchev–Trinajstić information content (AvgIpc) is 2.49. The molecule has 0 aromatic carbocycles. The SMILES string of the molecule is CSCC(C)NCc1cc(Cl)cs1. The molecule has 0 aliphatic carbocycles. The lowest BCUT2D eigenvalue weighted by atomic mass is 10.3. The van der Waals surface area contributed by atoms with Crippen LogP contribution in [0, 0.1) is 0 Å². The zero-order valence-corrected chi connectivity index (χ0v) is 10.2. The Morgan fingerprint density at radius 3 is 3.00 bits per heavy atom. The highest BCUT2D eigenvalue weighted by Gasteiger charge is 2.01. The van der Waals surface area contributed by atoms with Crippen LogP contribution in [0.1, 0.15) is 11.8 Å². The van der Waals surface area contributed by atoms with Crippen molar-refractivity contribution in [1.82, 2.24) is 5.32 Å². The molecule has 1 heterocycles. The molecule has 0 fully saturated rings. The molecule has 13 heavy (non-hydrogen) atoms. The molecule has 0 saturated heterocycles. The second-order valence-electron chi connectivity index (χ2n) is 2.97. The van der Waals surface area contributed by atoms with Gasteiger partial charge >= 0.3 is 0 Å². The Morgan fingerprint density at radius 1 is 1.69 bits per heavy atom. The minimum Gasteiger partial charge on any atom is -0.309 e. The van der Waals surface area contributed by atoms with Gasteiger partial charge in [0.05, 0.1) is 5.02 Å². The Balaban J connectivity index is 2.26. The normalized spacial score (nSPS) is 13.2. The van der Waals surface area contributed by atoms with E-state index in [4.69, 9.17) is 11.6 Å². The topological polar surface area (TPSA) is 12.0 Å². The van der Waals surface area contributed by atoms with Gasteiger partial charge in [0.25, 0.3) is 0 Å². The van der Waals surface area contributed by atoms with Gasteiger partial charge in [0.2, 0.25) is 0 Å². The van der Waals surface area contributed by atoms with E-state index < -0.39 is 0 Å². The molecule has 0 aliphatic heterocycles. The highest BCUT2D eigenvalue weighted by molar-refractivity contribution is 7.98. The predicted octanol–water partition coefficient (Wildman–Crippen LogP) is 3.24. The first-order valence-corrected chi connectivity index (χ1v) is 6.82. The molecule has 4 heteroatoms. The van der Waals surface area contributed by atoms with E-state index in [2.05, 4.69) is 18.5 Å². The van der Waals surface area contributed by atoms with Gasteiger partial charge in [-0.15, -0.1) is 11.3 Å². The van der Waals surface area contributed by atoms with Gasteiger partial charge in [-0.25, -0.2) is 0 Å². The van der Waals surface area contributed by atoms with Crippen molar-refractivity contribution in [2.45, 2.75) is 19.5 Å². The van der Waals surface area contributed by atoms with E-state index >= 15 is 0 Å². The quantitative estimate of drug-likeness (QED) is 0.841. The zero-order chi connectivity index (χ0) is 9.68. The molecule has 74 valence electrons. The van der Waals surface area contributed by atoms with Crippen molar-refractivity contribution < 1.29 is 0 Å². The molecule has 0 bridgehead atoms. The van der Waals surface area contributed by atoms with Crippen LogP contribution in [0.15, 0.2) is 11.4 Å². The van der Waals surface area contributed by atoms with E-state index in [1.165, 1.54) is 4.88 Å². The zero-order valence-electron chi connectivity index (χ0n) is 7.84. The molecule has 1 rings (SSSR count). The minimum atomic E-state index is 0.566. The monoisotopic (exact) mass is 235 g/mol. The van der Waals surface area contributed by atoms with Crippen molar-refractivity contribution in [3.63, 3.8) is 0 Å². The number of nitrogens with one attached hydrogen (secondary N) is 1. The van der Waals surface area contributed by atoms with Crippen molar-refractivity contribution in [3.8, 4) is 0 Å². The van der Waals surface area contributed by atoms with Crippen LogP contribution >= 0.6 is 34.7 Å². The van der Waals surface area contributed by atoms with E-state index in [0.717, 1.165) is 17.3 Å². The molecular formula is C9H14ClNS2. The molecule has 0 aliphatic rings. The summed E-state index contributed by atoms with van der Waals surface area (Å²) in [6.45, 7) is 3.13. The van der Waals surface area contributed by atoms with Crippen LogP contribution in [-0.2, 0) is 6.54 Å². The Kier molecular flexibility index (Phi) is 5.17. The molecule has 1 N–H and O–H groups in total. The van der Waals surface area contributed by atoms with Crippen LogP contribution in [0.25, 0.3) is 0 Å². The third-order valence-electron chi connectivity index (χ3n) is 1.66. The molecule has 1 aromatic rings. The van der Waals surface area contributed by atoms with Gasteiger partial charge in [-0.05, 0) is 19.2 Å². The third-order valence-corrected chi connectivity index (χ3v) is 3.78. The van der Waals surface area contributed by atoms with Gasteiger partial charge < -0.3 is 5.32 Å². The first-order valence-electron chi connectivity index (χ1n) is 4.17. The third kappa shape index (κ3) is 4.36. The Labute approximate surface area is 92.9 Å². The Hall–Kier alpha value is 0.300. The molecule has 0 radical (unpaired) electrons. The molecule has 0 amide bonds. The van der Waals surface area contributed by atoms with E-state index in [-0.39, 0.29) is 0 Å². The predicted molar refractivity (Wildman–Crippen MR) is 64.0 cm³/mol. The highest BCUT2D eigenvalue weighted by atomic mass is 35.5. The summed E-state index contributed by atoms with van der Waals surface area (Å²) in [7, 11) is 0. The van der Waals surface area contributed by atoms with Crippen molar-refractivity contribution in [2.75, 3.05) is 12.0 Å². The maximum Gasteiger partial charge on any atom is 0.0516 e. The molecule has 0 saturated carbocycles. The lowest BCUT2D eigenvalue weighted by molar-refractivity contribution is 0.601. The molecule has 1 aromatic heterocycles. The summed E-state index contributed by atoms with van der Waals surface area (Å²) in [6, 6.07) is 2.58. The van der Waals surface area contributed by atoms with Crippen LogP contribution in [0.3, 0.4) is 0 Å². The van der Waals surface area contributed by atoms with Crippen molar-refractivity contribution in [1.29, 1.82) is 0 Å². The van der Waals surface area contributed by atoms with Crippen molar-refractivity contribution >= 4 is 34.7 Å². The van der Waals surface area contributed by atoms with Crippen LogP contribution in [0.2, 0.25) is 5.02 Å². The van der Waals surface area contributed by atoms with Gasteiger partial charge in [-0.2, -0.15) is 11.8 Å². The van der Waals surface area contributed by atoms with Gasteiger partial charge in [-0.3, -0.25) is 0 Å². The van der Waals surface area contributed by atoms with Gasteiger partial charge in [0.1, 0.15) is 0 Å². The Morgan fingerprint density at radius 2 is 2.46 bits per heavy atom. The number of rotatable bonds is 5. The summed E-state index contributed by atoms with van der Waals surface area (Å²) in [4.78, 5) is 1.30. The van der Waals surface area contributed by atoms with Gasteiger partial charge in [0, 0.05) is 28.6 Å². The fourth-order valence-electron chi connectivity index (χ4n) is 1.03. The first kappa shape index (κ1) is 11.4. The summed E-state index contributed by atoms with van der Waals surface area (Å²) in [6.07, 6.45) is 2.13. The summed E-state index contributed by atoms with van der Waals surface area (Å²) >= 11 is 9.39. The van der Waals surface area contributed by atoms with Crippen molar-refractivity contribution in [3.05, 3.63) is 21.3 Å². The number of thioether (sulfide) groups is 1. The highest BCUT2D eigenvalue weighted by Crippen LogP contribution is 2.18. The second kappa shape index (κ2) is 5.91. The number of hydrogen-bond donors (Lipinski definition) is 1. The largest absolute Gasteiger partial charge is 0.309 e. The van der Waals surface area contributed by atoms with Crippen LogP contribution in [-0.4, -0.2) is 18.1 Å². The maximum atomic E-state index is 5.82. The summed E-state index contributed by atoms with van der Waals surface area (Å²) in [5, 5.41) is 6.26. The van der Waals surface area contributed by atoms with E-state index in [0.29, 0.717) is 6.04 Å². The number of halogens is 1. The van der Waals surface area contributed by atoms with E-state index in [1.54, 1.807) is 11.3 Å². The minimum absolute atomic E-state index is 0.566. The molecule has 1 nitrogen and oxygen atoms in total. The van der Waals surface area contributed by atoms with Crippen LogP contribution in [0.5, 0.6) is 0 Å². The van der Waals surface area contributed by atoms with Crippen molar-refractivity contribution in [2.24, 2.45) is 0 Å². The summed E-state index contributed by atoms with van der Waals surface area (Å²) in [5.41, 5.74) is 0. The lowest BCUT2D eigenvalue weighted by Crippen LogP contribution is -2.27. The molecule has 1 unspecified atom stereocenters. The molecule has 0 spiro atoms. The molecule has 1 atom stereocenters. The fourth-order valence-corrected chi connectivity index (χ4v) is 2.67. The Bertz CT molecular complexity index is 250. The van der Waals surface area contributed by atoms with E-state index in [9.17, 15) is 0 Å². The lowest BCUT2D eigenvalue weighted by Gasteiger charge is -2.10. The van der Waals surface area contributed by atoms with Crippen LogP contribution < -0.4 is 5.32 Å². The maximum absolute atomic E-state index is 5.82. The number of thiophene rings is 1. The van der Waals surface area contributed by atoms with Gasteiger partial charge in [0.15, 0.2) is 0 Å². The smallest absolute Gasteiger partial charge is 0.0516 e. The van der Waals surface area contributed by atoms with E-state index in [1.807, 2.05) is 23.2 Å². The average molecular weight is 236 g/mol. The second-order valence-corrected chi connectivity index (χ2v) is 5.31. The standard InChI is InChI=1S/C9H14ClNS2/c1-7(5-12-2)11-4-9-3-8(10)6-13-9/h3,6-7,11H,4-5H2,1-2H3. The van der Waals surface area contributed by atoms with Crippen LogP contribution in [0.4, 0.5) is 0 Å². The summed E-state index contributed by atoms with van der Waals surface area (Å²) < 4.78 is 0.